The van der Waals surface area contributed by atoms with Gasteiger partial charge in [0.05, 0.1) is 0 Å². The van der Waals surface area contributed by atoms with Crippen molar-refractivity contribution in [1.82, 2.24) is 10.2 Å². The van der Waals surface area contributed by atoms with Gasteiger partial charge in [-0.15, -0.1) is 0 Å². The number of likely N-dealkylation sites (N-methyl/N-ethyl adjacent to an activating group) is 1. The second kappa shape index (κ2) is 8.69. The van der Waals surface area contributed by atoms with Crippen LogP contribution in [0.3, 0.4) is 0 Å². The van der Waals surface area contributed by atoms with E-state index in [4.69, 9.17) is 5.73 Å². The molecule has 108 valence electrons. The first-order chi connectivity index (χ1) is 9.12. The molecular formula is C15H26BrN3. The monoisotopic (exact) mass is 327 g/mol. The minimum atomic E-state index is 0.238. The molecule has 19 heavy (non-hydrogen) atoms. The van der Waals surface area contributed by atoms with Gasteiger partial charge in [0, 0.05) is 30.1 Å². The van der Waals surface area contributed by atoms with E-state index in [1.807, 2.05) is 0 Å². The molecule has 4 heteroatoms. The smallest absolute Gasteiger partial charge is 0.0445 e. The van der Waals surface area contributed by atoms with Gasteiger partial charge in [0.2, 0.25) is 0 Å². The maximum atomic E-state index is 5.89. The standard InChI is InChI=1S/C15H26BrN3/c1-4-19(5-2)9-8-18-15(11-17)13-6-7-14(16)12(3)10-13/h6-7,10,15,18H,4-5,8-9,11,17H2,1-3H3. The van der Waals surface area contributed by atoms with E-state index < -0.39 is 0 Å². The Morgan fingerprint density at radius 1 is 1.32 bits per heavy atom. The summed E-state index contributed by atoms with van der Waals surface area (Å²) in [5.74, 6) is 0. The van der Waals surface area contributed by atoms with Crippen molar-refractivity contribution >= 4 is 15.9 Å². The molecule has 3 nitrogen and oxygen atoms in total. The van der Waals surface area contributed by atoms with Crippen molar-refractivity contribution in [3.05, 3.63) is 33.8 Å². The highest BCUT2D eigenvalue weighted by Gasteiger charge is 2.10. The lowest BCUT2D eigenvalue weighted by Gasteiger charge is -2.22. The molecule has 0 heterocycles. The topological polar surface area (TPSA) is 41.3 Å². The molecule has 0 aliphatic rings. The third kappa shape index (κ3) is 5.22. The van der Waals surface area contributed by atoms with Crippen LogP contribution in [0.4, 0.5) is 0 Å². The largest absolute Gasteiger partial charge is 0.329 e. The summed E-state index contributed by atoms with van der Waals surface area (Å²) in [6.45, 7) is 11.4. The Kier molecular flexibility index (Phi) is 7.61. The average molecular weight is 328 g/mol. The molecule has 0 aliphatic carbocycles. The van der Waals surface area contributed by atoms with E-state index >= 15 is 0 Å². The molecule has 0 spiro atoms. The lowest BCUT2D eigenvalue weighted by atomic mass is 10.0. The molecule has 1 aromatic rings. The second-order valence-corrected chi connectivity index (χ2v) is 5.63. The van der Waals surface area contributed by atoms with Crippen molar-refractivity contribution in [1.29, 1.82) is 0 Å². The first-order valence-corrected chi connectivity index (χ1v) is 7.83. The van der Waals surface area contributed by atoms with Crippen molar-refractivity contribution in [3.63, 3.8) is 0 Å². The molecule has 0 saturated heterocycles. The Morgan fingerprint density at radius 2 is 2.00 bits per heavy atom. The third-order valence-electron chi connectivity index (χ3n) is 3.53. The SMILES string of the molecule is CCN(CC)CCNC(CN)c1ccc(Br)c(C)c1. The molecule has 0 aliphatic heterocycles. The van der Waals surface area contributed by atoms with Gasteiger partial charge in [0.15, 0.2) is 0 Å². The fraction of sp³-hybridized carbons (Fsp3) is 0.600. The van der Waals surface area contributed by atoms with Crippen molar-refractivity contribution in [3.8, 4) is 0 Å². The second-order valence-electron chi connectivity index (χ2n) is 4.78. The first-order valence-electron chi connectivity index (χ1n) is 7.04. The number of hydrogen-bond donors (Lipinski definition) is 2. The van der Waals surface area contributed by atoms with Gasteiger partial charge in [-0.25, -0.2) is 0 Å². The first kappa shape index (κ1) is 16.6. The third-order valence-corrected chi connectivity index (χ3v) is 4.42. The zero-order chi connectivity index (χ0) is 14.3. The van der Waals surface area contributed by atoms with Gasteiger partial charge in [-0.1, -0.05) is 41.9 Å². The predicted octanol–water partition coefficient (Wildman–Crippen LogP) is 2.69. The summed E-state index contributed by atoms with van der Waals surface area (Å²) in [5, 5.41) is 3.55. The van der Waals surface area contributed by atoms with Crippen LogP contribution in [0.1, 0.15) is 31.0 Å². The van der Waals surface area contributed by atoms with Crippen LogP contribution in [0.5, 0.6) is 0 Å². The van der Waals surface area contributed by atoms with Crippen LogP contribution in [0, 0.1) is 6.92 Å². The molecule has 1 rings (SSSR count). The van der Waals surface area contributed by atoms with Crippen LogP contribution in [-0.2, 0) is 0 Å². The Balaban J connectivity index is 2.55. The Labute approximate surface area is 125 Å². The lowest BCUT2D eigenvalue weighted by Crippen LogP contribution is -2.36. The average Bonchev–Trinajstić information content (AvgIpc) is 2.42. The van der Waals surface area contributed by atoms with Crippen LogP contribution in [0.2, 0.25) is 0 Å². The van der Waals surface area contributed by atoms with Gasteiger partial charge in [0.1, 0.15) is 0 Å². The molecular weight excluding hydrogens is 302 g/mol. The van der Waals surface area contributed by atoms with E-state index in [0.29, 0.717) is 6.54 Å². The van der Waals surface area contributed by atoms with Crippen LogP contribution in [0.15, 0.2) is 22.7 Å². The van der Waals surface area contributed by atoms with E-state index in [1.165, 1.54) is 11.1 Å². The van der Waals surface area contributed by atoms with Gasteiger partial charge in [-0.2, -0.15) is 0 Å². The van der Waals surface area contributed by atoms with E-state index in [9.17, 15) is 0 Å². The number of halogens is 1. The molecule has 0 saturated carbocycles. The van der Waals surface area contributed by atoms with Crippen molar-refractivity contribution < 1.29 is 0 Å². The van der Waals surface area contributed by atoms with Gasteiger partial charge < -0.3 is 16.0 Å². The van der Waals surface area contributed by atoms with Gasteiger partial charge in [-0.05, 0) is 37.2 Å². The number of nitrogens with one attached hydrogen (secondary N) is 1. The molecule has 0 aromatic heterocycles. The normalized spacial score (nSPS) is 12.9. The van der Waals surface area contributed by atoms with E-state index in [2.05, 4.69) is 65.1 Å². The number of benzene rings is 1. The summed E-state index contributed by atoms with van der Waals surface area (Å²) in [6, 6.07) is 6.67. The maximum Gasteiger partial charge on any atom is 0.0445 e. The zero-order valence-electron chi connectivity index (χ0n) is 12.2. The summed E-state index contributed by atoms with van der Waals surface area (Å²) in [5.41, 5.74) is 8.40. The lowest BCUT2D eigenvalue weighted by molar-refractivity contribution is 0.297. The van der Waals surface area contributed by atoms with E-state index in [-0.39, 0.29) is 6.04 Å². The number of aryl methyl sites for hydroxylation is 1. The maximum absolute atomic E-state index is 5.89. The molecule has 0 bridgehead atoms. The number of nitrogens with two attached hydrogens (primary N) is 1. The Bertz CT molecular complexity index is 378. The molecule has 1 unspecified atom stereocenters. The van der Waals surface area contributed by atoms with Crippen LogP contribution >= 0.6 is 15.9 Å². The Hall–Kier alpha value is -0.420. The zero-order valence-corrected chi connectivity index (χ0v) is 13.8. The van der Waals surface area contributed by atoms with Crippen LogP contribution in [0.25, 0.3) is 0 Å². The predicted molar refractivity (Wildman–Crippen MR) is 86.5 cm³/mol. The molecule has 1 aromatic carbocycles. The fourth-order valence-corrected chi connectivity index (χ4v) is 2.41. The summed E-state index contributed by atoms with van der Waals surface area (Å²) in [7, 11) is 0. The molecule has 1 atom stereocenters. The highest BCUT2D eigenvalue weighted by Crippen LogP contribution is 2.20. The van der Waals surface area contributed by atoms with E-state index in [1.54, 1.807) is 0 Å². The quantitative estimate of drug-likeness (QED) is 0.771. The molecule has 3 N–H and O–H groups in total. The van der Waals surface area contributed by atoms with Crippen LogP contribution < -0.4 is 11.1 Å². The minimum Gasteiger partial charge on any atom is -0.329 e. The molecule has 0 amide bonds. The van der Waals surface area contributed by atoms with Crippen molar-refractivity contribution in [2.45, 2.75) is 26.8 Å². The number of nitrogens with zero attached hydrogens (tertiary/aromatic N) is 1. The van der Waals surface area contributed by atoms with Crippen molar-refractivity contribution in [2.75, 3.05) is 32.7 Å². The summed E-state index contributed by atoms with van der Waals surface area (Å²) in [4.78, 5) is 2.41. The summed E-state index contributed by atoms with van der Waals surface area (Å²) >= 11 is 3.53. The molecule has 0 fully saturated rings. The summed E-state index contributed by atoms with van der Waals surface area (Å²) in [6.07, 6.45) is 0. The molecule has 0 radical (unpaired) electrons. The van der Waals surface area contributed by atoms with Crippen molar-refractivity contribution in [2.24, 2.45) is 5.73 Å². The highest BCUT2D eigenvalue weighted by molar-refractivity contribution is 9.10. The summed E-state index contributed by atoms with van der Waals surface area (Å²) < 4.78 is 1.15. The van der Waals surface area contributed by atoms with Gasteiger partial charge >= 0.3 is 0 Å². The fourth-order valence-electron chi connectivity index (χ4n) is 2.16. The Morgan fingerprint density at radius 3 is 2.53 bits per heavy atom. The highest BCUT2D eigenvalue weighted by atomic mass is 79.9. The number of hydrogen-bond acceptors (Lipinski definition) is 3. The van der Waals surface area contributed by atoms with E-state index in [0.717, 1.165) is 30.7 Å². The number of rotatable bonds is 8. The van der Waals surface area contributed by atoms with Gasteiger partial charge in [0.25, 0.3) is 0 Å². The van der Waals surface area contributed by atoms with Crippen LogP contribution in [-0.4, -0.2) is 37.6 Å². The minimum absolute atomic E-state index is 0.238. The van der Waals surface area contributed by atoms with Gasteiger partial charge in [-0.3, -0.25) is 0 Å².